The fraction of sp³-hybridized carbons (Fsp3) is 0.125. The highest BCUT2D eigenvalue weighted by atomic mass is 19.4. The van der Waals surface area contributed by atoms with Crippen molar-refractivity contribution in [2.24, 2.45) is 0 Å². The molecule has 4 aromatic rings. The summed E-state index contributed by atoms with van der Waals surface area (Å²) in [7, 11) is 0. The van der Waals surface area contributed by atoms with E-state index in [0.29, 0.717) is 17.0 Å². The van der Waals surface area contributed by atoms with Crippen molar-refractivity contribution < 1.29 is 13.2 Å². The summed E-state index contributed by atoms with van der Waals surface area (Å²) in [5.41, 5.74) is -0.856. The molecule has 3 aromatic heterocycles. The van der Waals surface area contributed by atoms with Gasteiger partial charge in [0, 0.05) is 6.20 Å². The van der Waals surface area contributed by atoms with Crippen LogP contribution in [0.4, 0.5) is 13.2 Å². The lowest BCUT2D eigenvalue weighted by Crippen LogP contribution is -2.21. The Morgan fingerprint density at radius 3 is 2.70 bits per heavy atom. The molecule has 0 aliphatic rings. The molecule has 0 amide bonds. The number of halogens is 3. The van der Waals surface area contributed by atoms with Crippen LogP contribution in [0.1, 0.15) is 11.1 Å². The average molecular weight is 376 g/mol. The predicted molar refractivity (Wildman–Crippen MR) is 89.1 cm³/mol. The molecule has 3 N–H and O–H groups in total. The number of nitrogens with zero attached hydrogens (tertiary/aromatic N) is 3. The van der Waals surface area contributed by atoms with Crippen molar-refractivity contribution >= 4 is 11.2 Å². The zero-order valence-electron chi connectivity index (χ0n) is 13.5. The number of hydrogen-bond acceptors (Lipinski definition) is 4. The SMILES string of the molecule is O=c1[nH]c(=O)c2[nH]c(-c3cnn(Cc4cccc(C(F)(F)F)c4)c3)nc2[nH]1. The number of alkyl halides is 3. The van der Waals surface area contributed by atoms with Crippen LogP contribution in [-0.2, 0) is 12.7 Å². The van der Waals surface area contributed by atoms with E-state index in [4.69, 9.17) is 0 Å². The molecule has 11 heteroatoms. The van der Waals surface area contributed by atoms with E-state index in [1.54, 1.807) is 12.3 Å². The first-order chi connectivity index (χ1) is 12.8. The van der Waals surface area contributed by atoms with Gasteiger partial charge in [0.1, 0.15) is 11.3 Å². The van der Waals surface area contributed by atoms with E-state index in [9.17, 15) is 22.8 Å². The summed E-state index contributed by atoms with van der Waals surface area (Å²) in [6.45, 7) is 0.127. The van der Waals surface area contributed by atoms with Gasteiger partial charge in [0.15, 0.2) is 5.65 Å². The Hall–Kier alpha value is -3.63. The number of H-pyrrole nitrogens is 3. The lowest BCUT2D eigenvalue weighted by molar-refractivity contribution is -0.137. The van der Waals surface area contributed by atoms with Crippen molar-refractivity contribution in [2.75, 3.05) is 0 Å². The molecule has 0 radical (unpaired) electrons. The van der Waals surface area contributed by atoms with Gasteiger partial charge in [-0.15, -0.1) is 0 Å². The van der Waals surface area contributed by atoms with Crippen molar-refractivity contribution in [1.82, 2.24) is 29.7 Å². The maximum absolute atomic E-state index is 12.8. The van der Waals surface area contributed by atoms with E-state index < -0.39 is 23.0 Å². The maximum Gasteiger partial charge on any atom is 0.416 e. The fourth-order valence-electron chi connectivity index (χ4n) is 2.67. The van der Waals surface area contributed by atoms with Crippen molar-refractivity contribution in [3.05, 3.63) is 68.6 Å². The highest BCUT2D eigenvalue weighted by Gasteiger charge is 2.30. The summed E-state index contributed by atoms with van der Waals surface area (Å²) in [4.78, 5) is 34.4. The minimum atomic E-state index is -4.41. The number of hydrogen-bond donors (Lipinski definition) is 3. The third-order valence-electron chi connectivity index (χ3n) is 3.90. The first-order valence-electron chi connectivity index (χ1n) is 7.71. The first kappa shape index (κ1) is 16.8. The van der Waals surface area contributed by atoms with E-state index in [-0.39, 0.29) is 17.7 Å². The van der Waals surface area contributed by atoms with Gasteiger partial charge in [0.2, 0.25) is 0 Å². The van der Waals surface area contributed by atoms with Crippen LogP contribution in [0.15, 0.2) is 46.2 Å². The van der Waals surface area contributed by atoms with E-state index >= 15 is 0 Å². The maximum atomic E-state index is 12.8. The van der Waals surface area contributed by atoms with Gasteiger partial charge in [-0.3, -0.25) is 19.4 Å². The van der Waals surface area contributed by atoms with Gasteiger partial charge in [-0.05, 0) is 17.7 Å². The quantitative estimate of drug-likeness (QED) is 0.507. The van der Waals surface area contributed by atoms with Crippen molar-refractivity contribution in [3.8, 4) is 11.4 Å². The van der Waals surface area contributed by atoms with Crippen LogP contribution in [0.2, 0.25) is 0 Å². The molecule has 0 atom stereocenters. The number of aromatic nitrogens is 6. The van der Waals surface area contributed by atoms with Gasteiger partial charge in [-0.25, -0.2) is 9.78 Å². The molecule has 1 aromatic carbocycles. The van der Waals surface area contributed by atoms with Crippen LogP contribution in [0.5, 0.6) is 0 Å². The largest absolute Gasteiger partial charge is 0.416 e. The van der Waals surface area contributed by atoms with Crippen LogP contribution >= 0.6 is 0 Å². The average Bonchev–Trinajstić information content (AvgIpc) is 3.21. The van der Waals surface area contributed by atoms with Crippen LogP contribution in [0, 0.1) is 0 Å². The Bertz CT molecular complexity index is 1250. The second kappa shape index (κ2) is 5.97. The Balaban J connectivity index is 1.64. The van der Waals surface area contributed by atoms with E-state index in [1.165, 1.54) is 16.9 Å². The number of aromatic amines is 3. The molecule has 8 nitrogen and oxygen atoms in total. The molecular weight excluding hydrogens is 365 g/mol. The predicted octanol–water partition coefficient (Wildman–Crippen LogP) is 1.87. The highest BCUT2D eigenvalue weighted by Crippen LogP contribution is 2.29. The minimum absolute atomic E-state index is 0.101. The van der Waals surface area contributed by atoms with Gasteiger partial charge < -0.3 is 4.98 Å². The van der Waals surface area contributed by atoms with Gasteiger partial charge in [0.05, 0.1) is 23.9 Å². The molecule has 0 spiro atoms. The van der Waals surface area contributed by atoms with E-state index in [2.05, 4.69) is 25.0 Å². The van der Waals surface area contributed by atoms with Crippen molar-refractivity contribution in [1.29, 1.82) is 0 Å². The molecule has 138 valence electrons. The molecule has 4 rings (SSSR count). The van der Waals surface area contributed by atoms with Crippen LogP contribution < -0.4 is 11.2 Å². The third kappa shape index (κ3) is 3.26. The normalized spacial score (nSPS) is 12.0. The second-order valence-corrected chi connectivity index (χ2v) is 5.84. The molecule has 0 saturated heterocycles. The monoisotopic (exact) mass is 376 g/mol. The van der Waals surface area contributed by atoms with Gasteiger partial charge in [-0.2, -0.15) is 18.3 Å². The summed E-state index contributed by atoms with van der Waals surface area (Å²) in [5, 5.41) is 4.11. The molecule has 0 aliphatic carbocycles. The van der Waals surface area contributed by atoms with Crippen molar-refractivity contribution in [2.45, 2.75) is 12.7 Å². The van der Waals surface area contributed by atoms with Crippen LogP contribution in [0.25, 0.3) is 22.6 Å². The molecule has 0 fully saturated rings. The molecule has 0 bridgehead atoms. The Morgan fingerprint density at radius 2 is 1.93 bits per heavy atom. The fourth-order valence-corrected chi connectivity index (χ4v) is 2.67. The highest BCUT2D eigenvalue weighted by molar-refractivity contribution is 5.74. The molecule has 0 unspecified atom stereocenters. The first-order valence-corrected chi connectivity index (χ1v) is 7.71. The minimum Gasteiger partial charge on any atom is -0.332 e. The smallest absolute Gasteiger partial charge is 0.332 e. The Kier molecular flexibility index (Phi) is 3.72. The van der Waals surface area contributed by atoms with E-state index in [0.717, 1.165) is 12.1 Å². The topological polar surface area (TPSA) is 112 Å². The van der Waals surface area contributed by atoms with Crippen LogP contribution in [0.3, 0.4) is 0 Å². The van der Waals surface area contributed by atoms with E-state index in [1.807, 2.05) is 0 Å². The summed E-state index contributed by atoms with van der Waals surface area (Å²) in [6, 6.07) is 4.98. The lowest BCUT2D eigenvalue weighted by Gasteiger charge is -2.08. The summed E-state index contributed by atoms with van der Waals surface area (Å²) >= 11 is 0. The molecule has 3 heterocycles. The molecular formula is C16H11F3N6O2. The van der Waals surface area contributed by atoms with Gasteiger partial charge >= 0.3 is 11.9 Å². The summed E-state index contributed by atoms with van der Waals surface area (Å²) in [6.07, 6.45) is -1.38. The zero-order valence-corrected chi connectivity index (χ0v) is 13.5. The Labute approximate surface area is 147 Å². The van der Waals surface area contributed by atoms with Crippen molar-refractivity contribution in [3.63, 3.8) is 0 Å². The van der Waals surface area contributed by atoms with Gasteiger partial charge in [0.25, 0.3) is 5.56 Å². The number of rotatable bonds is 3. The number of benzene rings is 1. The number of nitrogens with one attached hydrogen (secondary N) is 3. The second-order valence-electron chi connectivity index (χ2n) is 5.84. The number of fused-ring (bicyclic) bond motifs is 1. The van der Waals surface area contributed by atoms with Crippen LogP contribution in [-0.4, -0.2) is 29.7 Å². The molecule has 0 aliphatic heterocycles. The molecule has 0 saturated carbocycles. The summed E-state index contributed by atoms with van der Waals surface area (Å²) in [5.74, 6) is 0.299. The molecule has 27 heavy (non-hydrogen) atoms. The standard InChI is InChI=1S/C16H11F3N6O2/c17-16(18,19)10-3-1-2-8(4-10)6-25-7-9(5-20-25)12-21-11-13(22-12)23-15(27)24-14(11)26/h1-5,7H,6H2,(H3,21,22,23,24,26,27). The Morgan fingerprint density at radius 1 is 1.11 bits per heavy atom. The van der Waals surface area contributed by atoms with Gasteiger partial charge in [-0.1, -0.05) is 12.1 Å². The lowest BCUT2D eigenvalue weighted by atomic mass is 10.1. The third-order valence-corrected chi connectivity index (χ3v) is 3.90. The summed E-state index contributed by atoms with van der Waals surface area (Å²) < 4.78 is 39.9. The zero-order chi connectivity index (χ0) is 19.2. The number of imidazole rings is 1.